The second kappa shape index (κ2) is 9.20. The summed E-state index contributed by atoms with van der Waals surface area (Å²) in [6.45, 7) is 10.6. The number of nitrogens with one attached hydrogen (secondary N) is 2. The van der Waals surface area contributed by atoms with Gasteiger partial charge in [-0.15, -0.1) is 24.0 Å². The maximum Gasteiger partial charge on any atom is 0.191 e. The number of nitrogens with zero attached hydrogens (tertiary/aromatic N) is 2. The predicted octanol–water partition coefficient (Wildman–Crippen LogP) is 3.64. The van der Waals surface area contributed by atoms with Crippen molar-refractivity contribution in [3.63, 3.8) is 0 Å². The van der Waals surface area contributed by atoms with Gasteiger partial charge in [0.05, 0.1) is 6.10 Å². The van der Waals surface area contributed by atoms with Crippen molar-refractivity contribution in [3.8, 4) is 0 Å². The number of piperidine rings is 1. The van der Waals surface area contributed by atoms with Crippen LogP contribution in [-0.4, -0.2) is 50.4 Å². The van der Waals surface area contributed by atoms with Gasteiger partial charge in [-0.1, -0.05) is 32.0 Å². The van der Waals surface area contributed by atoms with Crippen LogP contribution in [0.1, 0.15) is 40.0 Å². The summed E-state index contributed by atoms with van der Waals surface area (Å²) in [4.78, 5) is 7.24. The van der Waals surface area contributed by atoms with Gasteiger partial charge in [-0.3, -0.25) is 4.99 Å². The molecule has 6 heteroatoms. The van der Waals surface area contributed by atoms with E-state index >= 15 is 0 Å². The summed E-state index contributed by atoms with van der Waals surface area (Å²) in [5.74, 6) is 1.59. The normalized spacial score (nSPS) is 31.4. The Bertz CT molecular complexity index is 666. The van der Waals surface area contributed by atoms with Crippen LogP contribution < -0.4 is 15.5 Å². The molecule has 0 amide bonds. The lowest BCUT2D eigenvalue weighted by atomic mass is 9.57. The second-order valence-corrected chi connectivity index (χ2v) is 8.78. The SMILES string of the molecule is CCN=C(NC1CCCN(c2ccccc2)C1)NC1C2CCOC2C1(C)C.I. The number of hydrogen-bond acceptors (Lipinski definition) is 3. The number of para-hydroxylation sites is 1. The van der Waals surface area contributed by atoms with Gasteiger partial charge in [0.2, 0.25) is 0 Å². The first-order valence-corrected chi connectivity index (χ1v) is 10.6. The van der Waals surface area contributed by atoms with E-state index in [2.05, 4.69) is 66.6 Å². The van der Waals surface area contributed by atoms with E-state index in [1.807, 2.05) is 0 Å². The molecule has 5 nitrogen and oxygen atoms in total. The van der Waals surface area contributed by atoms with Crippen molar-refractivity contribution in [1.82, 2.24) is 10.6 Å². The first kappa shape index (κ1) is 21.7. The minimum Gasteiger partial charge on any atom is -0.377 e. The molecule has 2 aliphatic heterocycles. The fourth-order valence-electron chi connectivity index (χ4n) is 5.22. The van der Waals surface area contributed by atoms with Crippen LogP contribution in [0.4, 0.5) is 5.69 Å². The van der Waals surface area contributed by atoms with Crippen molar-refractivity contribution in [3.05, 3.63) is 30.3 Å². The summed E-state index contributed by atoms with van der Waals surface area (Å²) in [6, 6.07) is 11.6. The first-order valence-electron chi connectivity index (χ1n) is 10.6. The van der Waals surface area contributed by atoms with Gasteiger partial charge in [0, 0.05) is 55.3 Å². The van der Waals surface area contributed by atoms with Gasteiger partial charge in [-0.25, -0.2) is 0 Å². The van der Waals surface area contributed by atoms with Crippen LogP contribution in [0.3, 0.4) is 0 Å². The van der Waals surface area contributed by atoms with Crippen LogP contribution in [0.2, 0.25) is 0 Å². The molecule has 1 aliphatic carbocycles. The lowest BCUT2D eigenvalue weighted by molar-refractivity contribution is -0.106. The molecular weight excluding hydrogens is 463 g/mol. The van der Waals surface area contributed by atoms with E-state index in [-0.39, 0.29) is 29.4 Å². The molecule has 0 spiro atoms. The van der Waals surface area contributed by atoms with Crippen molar-refractivity contribution in [2.75, 3.05) is 31.1 Å². The number of guanidine groups is 1. The van der Waals surface area contributed by atoms with E-state index < -0.39 is 0 Å². The van der Waals surface area contributed by atoms with Gasteiger partial charge < -0.3 is 20.3 Å². The average Bonchev–Trinajstić information content (AvgIpc) is 3.14. The third-order valence-electron chi connectivity index (χ3n) is 6.59. The van der Waals surface area contributed by atoms with E-state index in [4.69, 9.17) is 9.73 Å². The Balaban J connectivity index is 0.00000225. The summed E-state index contributed by atoms with van der Waals surface area (Å²) in [5, 5.41) is 7.49. The number of ether oxygens (including phenoxy) is 1. The quantitative estimate of drug-likeness (QED) is 0.378. The van der Waals surface area contributed by atoms with Crippen molar-refractivity contribution in [2.45, 2.75) is 58.2 Å². The molecule has 3 fully saturated rings. The van der Waals surface area contributed by atoms with Crippen LogP contribution >= 0.6 is 24.0 Å². The van der Waals surface area contributed by atoms with Crippen LogP contribution in [0, 0.1) is 11.3 Å². The molecule has 2 heterocycles. The third-order valence-corrected chi connectivity index (χ3v) is 6.59. The lowest BCUT2D eigenvalue weighted by Crippen LogP contribution is -2.68. The highest BCUT2D eigenvalue weighted by Gasteiger charge is 2.59. The molecule has 1 saturated carbocycles. The van der Waals surface area contributed by atoms with Crippen LogP contribution in [-0.2, 0) is 4.74 Å². The number of halogens is 1. The summed E-state index contributed by atoms with van der Waals surface area (Å²) in [7, 11) is 0. The third kappa shape index (κ3) is 4.27. The number of fused-ring (bicyclic) bond motifs is 1. The van der Waals surface area contributed by atoms with Crippen molar-refractivity contribution in [1.29, 1.82) is 0 Å². The number of anilines is 1. The smallest absolute Gasteiger partial charge is 0.191 e. The Labute approximate surface area is 186 Å². The van der Waals surface area contributed by atoms with Gasteiger partial charge >= 0.3 is 0 Å². The molecular formula is C22H35IN4O. The predicted molar refractivity (Wildman–Crippen MR) is 127 cm³/mol. The lowest BCUT2D eigenvalue weighted by Gasteiger charge is -2.55. The van der Waals surface area contributed by atoms with E-state index in [0.717, 1.165) is 38.6 Å². The highest BCUT2D eigenvalue weighted by molar-refractivity contribution is 14.0. The molecule has 4 unspecified atom stereocenters. The molecule has 4 rings (SSSR count). The molecule has 0 radical (unpaired) electrons. The maximum atomic E-state index is 5.95. The van der Waals surface area contributed by atoms with E-state index in [0.29, 0.717) is 24.1 Å². The Hall–Kier alpha value is -1.02. The van der Waals surface area contributed by atoms with Crippen LogP contribution in [0.15, 0.2) is 35.3 Å². The van der Waals surface area contributed by atoms with Gasteiger partial charge in [-0.2, -0.15) is 0 Å². The zero-order valence-electron chi connectivity index (χ0n) is 17.4. The maximum absolute atomic E-state index is 5.95. The minimum atomic E-state index is 0. The molecule has 1 aromatic rings. The van der Waals surface area contributed by atoms with E-state index in [1.54, 1.807) is 0 Å². The molecule has 0 aromatic heterocycles. The monoisotopic (exact) mass is 498 g/mol. The molecule has 2 N–H and O–H groups in total. The Kier molecular flexibility index (Phi) is 7.12. The summed E-state index contributed by atoms with van der Waals surface area (Å²) in [6.07, 6.45) is 3.97. The fraction of sp³-hybridized carbons (Fsp3) is 0.682. The molecule has 1 aromatic carbocycles. The molecule has 156 valence electrons. The number of benzene rings is 1. The largest absolute Gasteiger partial charge is 0.377 e. The van der Waals surface area contributed by atoms with Gasteiger partial charge in [-0.05, 0) is 38.3 Å². The van der Waals surface area contributed by atoms with E-state index in [9.17, 15) is 0 Å². The molecule has 2 saturated heterocycles. The highest BCUT2D eigenvalue weighted by Crippen LogP contribution is 2.52. The van der Waals surface area contributed by atoms with Crippen LogP contribution in [0.25, 0.3) is 0 Å². The number of hydrogen-bond donors (Lipinski definition) is 2. The number of aliphatic imine (C=N–C) groups is 1. The summed E-state index contributed by atoms with van der Waals surface area (Å²) < 4.78 is 5.95. The fourth-order valence-corrected chi connectivity index (χ4v) is 5.22. The first-order chi connectivity index (χ1) is 13.1. The molecule has 0 bridgehead atoms. The van der Waals surface area contributed by atoms with Gasteiger partial charge in [0.25, 0.3) is 0 Å². The Morgan fingerprint density at radius 1 is 1.21 bits per heavy atom. The molecule has 28 heavy (non-hydrogen) atoms. The van der Waals surface area contributed by atoms with Crippen molar-refractivity contribution in [2.24, 2.45) is 16.3 Å². The Morgan fingerprint density at radius 2 is 2.00 bits per heavy atom. The van der Waals surface area contributed by atoms with E-state index in [1.165, 1.54) is 18.5 Å². The minimum absolute atomic E-state index is 0. The Morgan fingerprint density at radius 3 is 2.75 bits per heavy atom. The topological polar surface area (TPSA) is 48.9 Å². The number of rotatable bonds is 4. The highest BCUT2D eigenvalue weighted by atomic mass is 127. The standard InChI is InChI=1S/C22H34N4O.HI/c1-4-23-21(25-19-18-12-14-27-20(18)22(19,2)3)24-16-9-8-13-26(15-16)17-10-6-5-7-11-17;/h5-7,10-11,16,18-20H,4,8-9,12-15H2,1-3H3,(H2,23,24,25);1H. The molecule has 4 atom stereocenters. The van der Waals surface area contributed by atoms with Gasteiger partial charge in [0.15, 0.2) is 5.96 Å². The zero-order valence-corrected chi connectivity index (χ0v) is 19.7. The summed E-state index contributed by atoms with van der Waals surface area (Å²) >= 11 is 0. The zero-order chi connectivity index (χ0) is 18.9. The van der Waals surface area contributed by atoms with Gasteiger partial charge in [0.1, 0.15) is 0 Å². The summed E-state index contributed by atoms with van der Waals surface area (Å²) in [5.41, 5.74) is 1.48. The van der Waals surface area contributed by atoms with Crippen LogP contribution in [0.5, 0.6) is 0 Å². The second-order valence-electron chi connectivity index (χ2n) is 8.78. The molecule has 3 aliphatic rings. The average molecular weight is 498 g/mol. The van der Waals surface area contributed by atoms with Crippen molar-refractivity contribution >= 4 is 35.6 Å². The van der Waals surface area contributed by atoms with Crippen molar-refractivity contribution < 1.29 is 4.74 Å².